The molecule has 1 aromatic carbocycles. The Morgan fingerprint density at radius 1 is 1.28 bits per heavy atom. The number of alkyl halides is 3. The number of aromatic nitrogens is 1. The molecule has 1 fully saturated rings. The van der Waals surface area contributed by atoms with Crippen LogP contribution in [0, 0.1) is 16.0 Å². The molecule has 9 nitrogen and oxygen atoms in total. The number of aliphatic hydroxyl groups is 1. The predicted octanol–water partition coefficient (Wildman–Crippen LogP) is 2.09. The molecular weight excluding hydrogens is 397 g/mol. The normalized spacial score (nSPS) is 24.3. The van der Waals surface area contributed by atoms with Gasteiger partial charge in [0.05, 0.1) is 11.0 Å². The molecule has 0 spiro atoms. The Hall–Kier alpha value is -3.54. The summed E-state index contributed by atoms with van der Waals surface area (Å²) in [6, 6.07) is 3.85. The number of pyridine rings is 1. The fourth-order valence-electron chi connectivity index (χ4n) is 3.14. The van der Waals surface area contributed by atoms with Crippen LogP contribution in [0.4, 0.5) is 23.7 Å². The number of benzene rings is 1. The lowest BCUT2D eigenvalue weighted by atomic mass is 9.77. The van der Waals surface area contributed by atoms with E-state index in [1.54, 1.807) is 0 Å². The van der Waals surface area contributed by atoms with Gasteiger partial charge >= 0.3 is 12.2 Å². The highest BCUT2D eigenvalue weighted by atomic mass is 19.4. The third-order valence-corrected chi connectivity index (χ3v) is 4.47. The maximum Gasteiger partial charge on any atom is 0.437 e. The summed E-state index contributed by atoms with van der Waals surface area (Å²) in [6.45, 7) is 0. The van der Waals surface area contributed by atoms with E-state index in [-0.39, 0.29) is 11.1 Å². The van der Waals surface area contributed by atoms with Crippen molar-refractivity contribution >= 4 is 17.5 Å². The number of carbonyl (C=O) groups is 2. The number of nitrogens with zero attached hydrogens (tertiary/aromatic N) is 2. The number of hydrogen-bond donors (Lipinski definition) is 3. The first-order valence-corrected chi connectivity index (χ1v) is 8.11. The van der Waals surface area contributed by atoms with Crippen molar-refractivity contribution in [2.75, 3.05) is 0 Å². The molecule has 3 atom stereocenters. The smallest absolute Gasteiger partial charge is 0.363 e. The summed E-state index contributed by atoms with van der Waals surface area (Å²) < 4.78 is 41.3. The van der Waals surface area contributed by atoms with Gasteiger partial charge in [0.15, 0.2) is 5.78 Å². The topological polar surface area (TPSA) is 134 Å². The van der Waals surface area contributed by atoms with Gasteiger partial charge in [-0.05, 0) is 17.7 Å². The van der Waals surface area contributed by atoms with Crippen LogP contribution in [-0.4, -0.2) is 38.7 Å². The van der Waals surface area contributed by atoms with Crippen LogP contribution >= 0.6 is 0 Å². The summed E-state index contributed by atoms with van der Waals surface area (Å²) in [6.07, 6.45) is -3.11. The van der Waals surface area contributed by atoms with Crippen LogP contribution in [0.3, 0.4) is 0 Å². The second-order valence-corrected chi connectivity index (χ2v) is 6.28. The first-order valence-electron chi connectivity index (χ1n) is 8.11. The van der Waals surface area contributed by atoms with Crippen molar-refractivity contribution in [3.8, 4) is 0 Å². The zero-order valence-electron chi connectivity index (χ0n) is 14.4. The van der Waals surface area contributed by atoms with Crippen molar-refractivity contribution in [1.82, 2.24) is 15.6 Å². The molecule has 152 valence electrons. The van der Waals surface area contributed by atoms with Crippen molar-refractivity contribution in [3.05, 3.63) is 70.0 Å². The molecule has 2 amide bonds. The van der Waals surface area contributed by atoms with Crippen LogP contribution in [0.25, 0.3) is 0 Å². The third-order valence-electron chi connectivity index (χ3n) is 4.47. The highest BCUT2D eigenvalue weighted by Gasteiger charge is 2.66. The van der Waals surface area contributed by atoms with Gasteiger partial charge in [0, 0.05) is 30.1 Å². The quantitative estimate of drug-likeness (QED) is 0.401. The van der Waals surface area contributed by atoms with Gasteiger partial charge in [0.2, 0.25) is 5.72 Å². The number of hydrogen-bond acceptors (Lipinski definition) is 6. The van der Waals surface area contributed by atoms with Crippen molar-refractivity contribution < 1.29 is 32.8 Å². The number of amides is 2. The molecule has 0 saturated carbocycles. The van der Waals surface area contributed by atoms with Crippen molar-refractivity contribution in [1.29, 1.82) is 0 Å². The number of nitrogens with one attached hydrogen (secondary N) is 2. The van der Waals surface area contributed by atoms with Gasteiger partial charge in [0.25, 0.3) is 5.69 Å². The standard InChI is InChI=1S/C17H13F3N4O5/c18-17(19,20)16(27)12(14(25)10-4-2-6-21-8-10)13(22-15(26)23-16)9-3-1-5-11(7-9)24(28)29/h1-8,12-13,27H,(H2,22,23,26)/t12-,13+,16+/m1/s1. The summed E-state index contributed by atoms with van der Waals surface area (Å²) in [5.41, 5.74) is -4.77. The molecule has 2 heterocycles. The Balaban J connectivity index is 2.18. The van der Waals surface area contributed by atoms with Crippen LogP contribution in [-0.2, 0) is 0 Å². The molecule has 29 heavy (non-hydrogen) atoms. The average Bonchev–Trinajstić information content (AvgIpc) is 2.67. The number of halogens is 3. The Morgan fingerprint density at radius 3 is 2.59 bits per heavy atom. The molecule has 0 radical (unpaired) electrons. The molecule has 0 unspecified atom stereocenters. The Kier molecular flexibility index (Phi) is 4.96. The van der Waals surface area contributed by atoms with Crippen LogP contribution in [0.2, 0.25) is 0 Å². The zero-order valence-corrected chi connectivity index (χ0v) is 14.4. The highest BCUT2D eigenvalue weighted by molar-refractivity contribution is 6.00. The summed E-state index contributed by atoms with van der Waals surface area (Å²) in [5, 5.41) is 25.0. The van der Waals surface area contributed by atoms with E-state index in [9.17, 15) is 38.0 Å². The van der Waals surface area contributed by atoms with Crippen LogP contribution in [0.5, 0.6) is 0 Å². The maximum atomic E-state index is 13.8. The summed E-state index contributed by atoms with van der Waals surface area (Å²) in [5.74, 6) is -3.45. The van der Waals surface area contributed by atoms with Gasteiger partial charge in [-0.1, -0.05) is 12.1 Å². The van der Waals surface area contributed by atoms with Gasteiger partial charge in [-0.2, -0.15) is 13.2 Å². The van der Waals surface area contributed by atoms with Gasteiger partial charge in [-0.3, -0.25) is 19.9 Å². The van der Waals surface area contributed by atoms with E-state index in [1.807, 2.05) is 0 Å². The summed E-state index contributed by atoms with van der Waals surface area (Å²) >= 11 is 0. The Labute approximate surface area is 160 Å². The number of carbonyl (C=O) groups excluding carboxylic acids is 2. The first-order chi connectivity index (χ1) is 13.5. The summed E-state index contributed by atoms with van der Waals surface area (Å²) in [7, 11) is 0. The average molecular weight is 410 g/mol. The first kappa shape index (κ1) is 20.2. The van der Waals surface area contributed by atoms with E-state index in [0.717, 1.165) is 18.3 Å². The molecule has 3 N–H and O–H groups in total. The second kappa shape index (κ2) is 7.13. The third kappa shape index (κ3) is 3.61. The fourth-order valence-corrected chi connectivity index (χ4v) is 3.14. The van der Waals surface area contributed by atoms with Gasteiger partial charge in [-0.25, -0.2) is 4.79 Å². The lowest BCUT2D eigenvalue weighted by molar-refractivity contribution is -0.385. The summed E-state index contributed by atoms with van der Waals surface area (Å²) in [4.78, 5) is 38.8. The number of non-ortho nitro benzene ring substituents is 1. The fraction of sp³-hybridized carbons (Fsp3) is 0.235. The lowest BCUT2D eigenvalue weighted by Gasteiger charge is -2.45. The van der Waals surface area contributed by atoms with Crippen molar-refractivity contribution in [3.63, 3.8) is 0 Å². The number of urea groups is 1. The van der Waals surface area contributed by atoms with Crippen LogP contribution in [0.15, 0.2) is 48.8 Å². The number of nitro groups is 1. The van der Waals surface area contributed by atoms with Crippen molar-refractivity contribution in [2.45, 2.75) is 17.9 Å². The van der Waals surface area contributed by atoms with Crippen molar-refractivity contribution in [2.24, 2.45) is 5.92 Å². The molecular formula is C17H13F3N4O5. The highest BCUT2D eigenvalue weighted by Crippen LogP contribution is 2.44. The minimum absolute atomic E-state index is 0.154. The number of rotatable bonds is 4. The molecule has 1 aromatic heterocycles. The Morgan fingerprint density at radius 2 is 2.00 bits per heavy atom. The van der Waals surface area contributed by atoms with E-state index in [0.29, 0.717) is 0 Å². The second-order valence-electron chi connectivity index (χ2n) is 6.28. The molecule has 1 aliphatic rings. The number of ketones is 1. The van der Waals surface area contributed by atoms with Gasteiger partial charge in [-0.15, -0.1) is 0 Å². The van der Waals surface area contributed by atoms with E-state index in [4.69, 9.17) is 0 Å². The molecule has 12 heteroatoms. The predicted molar refractivity (Wildman–Crippen MR) is 90.6 cm³/mol. The molecule has 0 aliphatic carbocycles. The van der Waals surface area contributed by atoms with E-state index in [2.05, 4.69) is 10.3 Å². The number of Topliss-reactive ketones (excluding diaryl/α,β-unsaturated/α-hetero) is 1. The van der Waals surface area contributed by atoms with E-state index in [1.165, 1.54) is 35.8 Å². The minimum Gasteiger partial charge on any atom is -0.363 e. The van der Waals surface area contributed by atoms with E-state index < -0.39 is 46.3 Å². The molecule has 0 bridgehead atoms. The SMILES string of the molecule is O=C1N[C@@H](c2cccc([N+](=O)[O-])c2)[C@H](C(=O)c2cccnc2)[C@](O)(C(F)(F)F)N1. The molecule has 1 saturated heterocycles. The van der Waals surface area contributed by atoms with Crippen LogP contribution < -0.4 is 10.6 Å². The molecule has 2 aromatic rings. The minimum atomic E-state index is -5.42. The van der Waals surface area contributed by atoms with E-state index >= 15 is 0 Å². The van der Waals surface area contributed by atoms with Gasteiger partial charge in [0.1, 0.15) is 5.92 Å². The Bertz CT molecular complexity index is 969. The lowest BCUT2D eigenvalue weighted by Crippen LogP contribution is -2.72. The monoisotopic (exact) mass is 410 g/mol. The molecule has 1 aliphatic heterocycles. The van der Waals surface area contributed by atoms with Gasteiger partial charge < -0.3 is 15.7 Å². The molecule has 3 rings (SSSR count). The maximum absolute atomic E-state index is 13.8. The van der Waals surface area contributed by atoms with Crippen LogP contribution in [0.1, 0.15) is 22.0 Å². The number of nitro benzene ring substituents is 1. The zero-order chi connectivity index (χ0) is 21.4. The largest absolute Gasteiger partial charge is 0.437 e.